The summed E-state index contributed by atoms with van der Waals surface area (Å²) < 4.78 is 5.33. The van der Waals surface area contributed by atoms with E-state index in [1.165, 1.54) is 78.9 Å². The molecule has 0 atom stereocenters. The van der Waals surface area contributed by atoms with Crippen LogP contribution in [-0.2, 0) is 5.41 Å². The van der Waals surface area contributed by atoms with Crippen LogP contribution in [0.1, 0.15) is 23.6 Å². The average molecular weight is 686 g/mol. The van der Waals surface area contributed by atoms with Crippen LogP contribution in [0.2, 0.25) is 0 Å². The van der Waals surface area contributed by atoms with Gasteiger partial charge < -0.3 is 4.90 Å². The molecule has 0 N–H and O–H groups in total. The van der Waals surface area contributed by atoms with Crippen molar-refractivity contribution in [2.75, 3.05) is 4.90 Å². The number of benzene rings is 8. The third-order valence-corrected chi connectivity index (χ3v) is 13.4. The summed E-state index contributed by atoms with van der Waals surface area (Å²) in [4.78, 5) is 2.43. The lowest BCUT2D eigenvalue weighted by Gasteiger charge is -2.31. The lowest BCUT2D eigenvalue weighted by atomic mass is 9.74. The Morgan fingerprint density at radius 3 is 1.67 bits per heavy atom. The molecule has 0 bridgehead atoms. The van der Waals surface area contributed by atoms with Crippen LogP contribution < -0.4 is 4.90 Å². The normalized spacial score (nSPS) is 13.4. The van der Waals surface area contributed by atoms with Crippen molar-refractivity contribution in [1.29, 1.82) is 0 Å². The maximum absolute atomic E-state index is 2.43. The van der Waals surface area contributed by atoms with Gasteiger partial charge in [-0.1, -0.05) is 109 Å². The fraction of sp³-hybridized carbons (Fsp3) is 0.0417. The number of nitrogens with zero attached hydrogens (tertiary/aromatic N) is 1. The molecule has 0 spiro atoms. The molecule has 3 heteroatoms. The molecule has 0 radical (unpaired) electrons. The highest BCUT2D eigenvalue weighted by molar-refractivity contribution is 7.26. The van der Waals surface area contributed by atoms with Gasteiger partial charge in [0.05, 0.1) is 0 Å². The predicted octanol–water partition coefficient (Wildman–Crippen LogP) is 14.4. The fourth-order valence-electron chi connectivity index (χ4n) is 8.78. The SMILES string of the molecule is CC1(c2cccc(N(c3ccccc3)c3ccc4sc5ccc6c(ccc7sc8ccccc8c76)c5c4c3)c2)c2ccccc2-c2ccccc21. The highest BCUT2D eigenvalue weighted by atomic mass is 32.1. The quantitative estimate of drug-likeness (QED) is 0.178. The highest BCUT2D eigenvalue weighted by Gasteiger charge is 2.40. The molecule has 0 fully saturated rings. The van der Waals surface area contributed by atoms with Gasteiger partial charge in [-0.2, -0.15) is 0 Å². The Bertz CT molecular complexity index is 2960. The number of para-hydroxylation sites is 1. The molecule has 0 saturated heterocycles. The number of fused-ring (bicyclic) bond motifs is 12. The topological polar surface area (TPSA) is 3.24 Å². The summed E-state index contributed by atoms with van der Waals surface area (Å²) in [5.41, 5.74) is 9.85. The van der Waals surface area contributed by atoms with Gasteiger partial charge in [0.25, 0.3) is 0 Å². The number of hydrogen-bond donors (Lipinski definition) is 0. The van der Waals surface area contributed by atoms with E-state index in [-0.39, 0.29) is 5.41 Å². The molecule has 2 aromatic heterocycles. The first-order chi connectivity index (χ1) is 25.2. The van der Waals surface area contributed by atoms with E-state index in [0.717, 1.165) is 17.1 Å². The van der Waals surface area contributed by atoms with Gasteiger partial charge >= 0.3 is 0 Å². The fourth-order valence-corrected chi connectivity index (χ4v) is 11.0. The third-order valence-electron chi connectivity index (χ3n) is 11.1. The molecule has 11 rings (SSSR count). The molecule has 0 amide bonds. The third kappa shape index (κ3) is 4.14. The maximum Gasteiger partial charge on any atom is 0.0468 e. The zero-order valence-corrected chi connectivity index (χ0v) is 29.6. The van der Waals surface area contributed by atoms with Crippen LogP contribution in [0.15, 0.2) is 170 Å². The molecule has 0 aliphatic heterocycles. The lowest BCUT2D eigenvalue weighted by molar-refractivity contribution is 0.714. The largest absolute Gasteiger partial charge is 0.310 e. The molecule has 51 heavy (non-hydrogen) atoms. The summed E-state index contributed by atoms with van der Waals surface area (Å²) >= 11 is 3.78. The first-order valence-corrected chi connectivity index (χ1v) is 19.1. The van der Waals surface area contributed by atoms with Crippen LogP contribution in [0.4, 0.5) is 17.1 Å². The lowest BCUT2D eigenvalue weighted by Crippen LogP contribution is -2.23. The Labute approximate surface area is 304 Å². The monoisotopic (exact) mass is 685 g/mol. The summed E-state index contributed by atoms with van der Waals surface area (Å²) in [6, 6.07) is 63.1. The van der Waals surface area contributed by atoms with Crippen molar-refractivity contribution in [2.24, 2.45) is 0 Å². The predicted molar refractivity (Wildman–Crippen MR) is 222 cm³/mol. The van der Waals surface area contributed by atoms with E-state index in [1.54, 1.807) is 0 Å². The zero-order valence-electron chi connectivity index (χ0n) is 27.9. The van der Waals surface area contributed by atoms with Gasteiger partial charge in [0.2, 0.25) is 0 Å². The Balaban J connectivity index is 1.13. The second-order valence-electron chi connectivity index (χ2n) is 13.8. The van der Waals surface area contributed by atoms with E-state index in [0.29, 0.717) is 0 Å². The van der Waals surface area contributed by atoms with Crippen molar-refractivity contribution in [3.63, 3.8) is 0 Å². The van der Waals surface area contributed by atoms with E-state index >= 15 is 0 Å². The highest BCUT2D eigenvalue weighted by Crippen LogP contribution is 2.53. The summed E-state index contributed by atoms with van der Waals surface area (Å²) in [5, 5.41) is 8.03. The second kappa shape index (κ2) is 10.9. The summed E-state index contributed by atoms with van der Waals surface area (Å²) in [5.74, 6) is 0. The van der Waals surface area contributed by atoms with E-state index in [2.05, 4.69) is 182 Å². The number of anilines is 3. The zero-order chi connectivity index (χ0) is 33.7. The minimum absolute atomic E-state index is 0.269. The summed E-state index contributed by atoms with van der Waals surface area (Å²) in [7, 11) is 0. The van der Waals surface area contributed by atoms with Crippen LogP contribution in [0.25, 0.3) is 62.2 Å². The maximum atomic E-state index is 2.43. The molecule has 2 heterocycles. The molecule has 0 unspecified atom stereocenters. The van der Waals surface area contributed by atoms with Crippen molar-refractivity contribution in [3.8, 4) is 11.1 Å². The van der Waals surface area contributed by atoms with E-state index in [9.17, 15) is 0 Å². The molecule has 240 valence electrons. The molecular formula is C48H31NS2. The molecule has 8 aromatic carbocycles. The Morgan fingerprint density at radius 1 is 0.392 bits per heavy atom. The van der Waals surface area contributed by atoms with Crippen molar-refractivity contribution in [1.82, 2.24) is 0 Å². The van der Waals surface area contributed by atoms with Gasteiger partial charge in [-0.05, 0) is 106 Å². The standard InChI is InChI=1S/C48H31NS2/c1-48(40-19-8-5-16-34(40)35-17-6-9-20-41(35)48)30-12-11-15-32(28-30)49(31-13-3-2-4-14-31)33-22-25-43-39(29-33)47-37-24-26-44-46(36(37)23-27-45(47)51-43)38-18-7-10-21-42(38)50-44/h2-29H,1H3. The number of thiophene rings is 2. The van der Waals surface area contributed by atoms with Crippen LogP contribution >= 0.6 is 22.7 Å². The van der Waals surface area contributed by atoms with Gasteiger partial charge in [-0.25, -0.2) is 0 Å². The molecule has 0 saturated carbocycles. The van der Waals surface area contributed by atoms with Crippen molar-refractivity contribution >= 4 is 90.9 Å². The van der Waals surface area contributed by atoms with Crippen LogP contribution in [0, 0.1) is 0 Å². The van der Waals surface area contributed by atoms with Crippen molar-refractivity contribution in [3.05, 3.63) is 187 Å². The molecular weight excluding hydrogens is 655 g/mol. The van der Waals surface area contributed by atoms with Gasteiger partial charge in [0.15, 0.2) is 0 Å². The van der Waals surface area contributed by atoms with Crippen LogP contribution in [0.5, 0.6) is 0 Å². The Hall–Kier alpha value is -5.74. The van der Waals surface area contributed by atoms with Crippen molar-refractivity contribution < 1.29 is 0 Å². The van der Waals surface area contributed by atoms with Gasteiger partial charge in [0.1, 0.15) is 0 Å². The second-order valence-corrected chi connectivity index (χ2v) is 16.0. The number of hydrogen-bond acceptors (Lipinski definition) is 3. The molecule has 1 aliphatic carbocycles. The average Bonchev–Trinajstić information content (AvgIpc) is 3.84. The van der Waals surface area contributed by atoms with Gasteiger partial charge in [-0.15, -0.1) is 22.7 Å². The van der Waals surface area contributed by atoms with Crippen LogP contribution in [0.3, 0.4) is 0 Å². The Kier molecular flexibility index (Phi) is 6.19. The van der Waals surface area contributed by atoms with E-state index < -0.39 is 0 Å². The first kappa shape index (κ1) is 29.0. The minimum Gasteiger partial charge on any atom is -0.310 e. The Morgan fingerprint density at radius 2 is 0.941 bits per heavy atom. The molecule has 10 aromatic rings. The van der Waals surface area contributed by atoms with E-state index in [1.807, 2.05) is 22.7 Å². The summed E-state index contributed by atoms with van der Waals surface area (Å²) in [6.45, 7) is 2.39. The smallest absolute Gasteiger partial charge is 0.0468 e. The van der Waals surface area contributed by atoms with Crippen LogP contribution in [-0.4, -0.2) is 0 Å². The number of rotatable bonds is 4. The minimum atomic E-state index is -0.269. The first-order valence-electron chi connectivity index (χ1n) is 17.5. The van der Waals surface area contributed by atoms with Gasteiger partial charge in [0, 0.05) is 62.8 Å². The van der Waals surface area contributed by atoms with E-state index in [4.69, 9.17) is 0 Å². The summed E-state index contributed by atoms with van der Waals surface area (Å²) in [6.07, 6.45) is 0. The molecule has 1 aliphatic rings. The molecule has 1 nitrogen and oxygen atoms in total. The van der Waals surface area contributed by atoms with Crippen molar-refractivity contribution in [2.45, 2.75) is 12.3 Å². The van der Waals surface area contributed by atoms with Gasteiger partial charge in [-0.3, -0.25) is 0 Å².